The van der Waals surface area contributed by atoms with Crippen LogP contribution >= 0.6 is 46.4 Å². The highest BCUT2D eigenvalue weighted by atomic mass is 35.5. The second-order valence-electron chi connectivity index (χ2n) is 6.17. The molecule has 0 aliphatic rings. The number of halogens is 4. The molecule has 0 saturated heterocycles. The van der Waals surface area contributed by atoms with Gasteiger partial charge in [-0.3, -0.25) is 9.52 Å². The molecular formula is C20H14Cl4N2O4S. The Balaban J connectivity index is 1.93. The van der Waals surface area contributed by atoms with Crippen molar-refractivity contribution in [2.75, 3.05) is 17.1 Å². The lowest BCUT2D eigenvalue weighted by Crippen LogP contribution is -2.16. The highest BCUT2D eigenvalue weighted by Gasteiger charge is 2.20. The Labute approximate surface area is 199 Å². The van der Waals surface area contributed by atoms with Gasteiger partial charge in [0.1, 0.15) is 5.75 Å². The van der Waals surface area contributed by atoms with Gasteiger partial charge in [-0.15, -0.1) is 0 Å². The Hall–Kier alpha value is -2.16. The maximum absolute atomic E-state index is 12.8. The van der Waals surface area contributed by atoms with E-state index in [-0.39, 0.29) is 37.6 Å². The summed E-state index contributed by atoms with van der Waals surface area (Å²) in [6.07, 6.45) is 0. The Morgan fingerprint density at radius 1 is 0.839 bits per heavy atom. The topological polar surface area (TPSA) is 84.5 Å². The summed E-state index contributed by atoms with van der Waals surface area (Å²) in [5.41, 5.74) is 0.441. The summed E-state index contributed by atoms with van der Waals surface area (Å²) in [6.45, 7) is 0. The standard InChI is InChI=1S/C20H14Cl4N2O4S/c1-30-19-7-4-13(31(28,29)26-17-6-3-12(22)9-16(17)24)10-18(19)25-20(27)14-5-2-11(21)8-15(14)23/h2-10,26H,1H3,(H,25,27). The number of carbonyl (C=O) groups is 1. The fourth-order valence-electron chi connectivity index (χ4n) is 2.59. The zero-order valence-corrected chi connectivity index (χ0v) is 19.6. The van der Waals surface area contributed by atoms with E-state index in [2.05, 4.69) is 10.0 Å². The number of sulfonamides is 1. The second-order valence-corrected chi connectivity index (χ2v) is 9.54. The van der Waals surface area contributed by atoms with Gasteiger partial charge >= 0.3 is 0 Å². The molecule has 0 aliphatic carbocycles. The molecule has 0 aromatic heterocycles. The van der Waals surface area contributed by atoms with Crippen LogP contribution in [0, 0.1) is 0 Å². The van der Waals surface area contributed by atoms with Crippen LogP contribution in [0.1, 0.15) is 10.4 Å². The molecule has 6 nitrogen and oxygen atoms in total. The van der Waals surface area contributed by atoms with E-state index in [4.69, 9.17) is 51.1 Å². The first-order valence-electron chi connectivity index (χ1n) is 8.53. The molecule has 0 bridgehead atoms. The third kappa shape index (κ3) is 5.56. The zero-order chi connectivity index (χ0) is 22.8. The Morgan fingerprint density at radius 3 is 2.10 bits per heavy atom. The minimum atomic E-state index is -4.04. The summed E-state index contributed by atoms with van der Waals surface area (Å²) in [7, 11) is -2.65. The van der Waals surface area contributed by atoms with Gasteiger partial charge in [-0.1, -0.05) is 46.4 Å². The summed E-state index contributed by atoms with van der Waals surface area (Å²) < 4.78 is 33.3. The first kappa shape index (κ1) is 23.5. The molecule has 0 saturated carbocycles. The van der Waals surface area contributed by atoms with Gasteiger partial charge in [-0.2, -0.15) is 0 Å². The maximum Gasteiger partial charge on any atom is 0.262 e. The van der Waals surface area contributed by atoms with Crippen molar-refractivity contribution in [2.45, 2.75) is 4.90 Å². The van der Waals surface area contributed by atoms with Gasteiger partial charge in [0.25, 0.3) is 15.9 Å². The average Bonchev–Trinajstić information content (AvgIpc) is 2.70. The van der Waals surface area contributed by atoms with Gasteiger partial charge < -0.3 is 10.1 Å². The number of methoxy groups -OCH3 is 1. The molecule has 0 heterocycles. The molecule has 3 rings (SSSR count). The predicted molar refractivity (Wildman–Crippen MR) is 125 cm³/mol. The van der Waals surface area contributed by atoms with Gasteiger partial charge in [-0.05, 0) is 54.6 Å². The lowest BCUT2D eigenvalue weighted by Gasteiger charge is -2.14. The van der Waals surface area contributed by atoms with Crippen LogP contribution in [0.5, 0.6) is 5.75 Å². The van der Waals surface area contributed by atoms with Gasteiger partial charge in [-0.25, -0.2) is 8.42 Å². The molecule has 1 amide bonds. The number of hydrogen-bond acceptors (Lipinski definition) is 4. The monoisotopic (exact) mass is 518 g/mol. The van der Waals surface area contributed by atoms with Crippen LogP contribution in [-0.2, 0) is 10.0 Å². The Bertz CT molecular complexity index is 1270. The molecule has 0 unspecified atom stereocenters. The minimum absolute atomic E-state index is 0.128. The highest BCUT2D eigenvalue weighted by Crippen LogP contribution is 2.32. The normalized spacial score (nSPS) is 11.1. The van der Waals surface area contributed by atoms with Crippen molar-refractivity contribution in [2.24, 2.45) is 0 Å². The van der Waals surface area contributed by atoms with Crippen LogP contribution in [0.25, 0.3) is 0 Å². The molecule has 0 spiro atoms. The van der Waals surface area contributed by atoms with Crippen LogP contribution in [0.2, 0.25) is 20.1 Å². The van der Waals surface area contributed by atoms with Crippen molar-refractivity contribution in [1.82, 2.24) is 0 Å². The van der Waals surface area contributed by atoms with E-state index in [0.29, 0.717) is 10.0 Å². The molecule has 31 heavy (non-hydrogen) atoms. The maximum atomic E-state index is 12.8. The van der Waals surface area contributed by atoms with E-state index in [1.807, 2.05) is 0 Å². The zero-order valence-electron chi connectivity index (χ0n) is 15.7. The van der Waals surface area contributed by atoms with Gasteiger partial charge in [0.05, 0.1) is 39.0 Å². The number of carbonyl (C=O) groups excluding carboxylic acids is 1. The van der Waals surface area contributed by atoms with E-state index < -0.39 is 15.9 Å². The number of amides is 1. The number of nitrogens with one attached hydrogen (secondary N) is 2. The fourth-order valence-corrected chi connectivity index (χ4v) is 4.70. The molecule has 11 heteroatoms. The number of anilines is 2. The van der Waals surface area contributed by atoms with Crippen molar-refractivity contribution in [3.8, 4) is 5.75 Å². The minimum Gasteiger partial charge on any atom is -0.495 e. The molecule has 0 atom stereocenters. The smallest absolute Gasteiger partial charge is 0.262 e. The first-order valence-corrected chi connectivity index (χ1v) is 11.5. The summed E-state index contributed by atoms with van der Waals surface area (Å²) in [5.74, 6) is -0.315. The van der Waals surface area contributed by atoms with Crippen molar-refractivity contribution in [3.05, 3.63) is 80.3 Å². The van der Waals surface area contributed by atoms with Gasteiger partial charge in [0, 0.05) is 10.0 Å². The molecular weight excluding hydrogens is 506 g/mol. The van der Waals surface area contributed by atoms with Crippen molar-refractivity contribution < 1.29 is 17.9 Å². The second kappa shape index (κ2) is 9.54. The summed E-state index contributed by atoms with van der Waals surface area (Å²) >= 11 is 23.8. The number of rotatable bonds is 6. The first-order chi connectivity index (χ1) is 14.6. The molecule has 162 valence electrons. The van der Waals surface area contributed by atoms with Crippen LogP contribution in [0.3, 0.4) is 0 Å². The third-order valence-corrected chi connectivity index (χ3v) is 6.54. The summed E-state index contributed by atoms with van der Waals surface area (Å²) in [6, 6.07) is 12.8. The van der Waals surface area contributed by atoms with Crippen molar-refractivity contribution in [1.29, 1.82) is 0 Å². The lowest BCUT2D eigenvalue weighted by atomic mass is 10.2. The van der Waals surface area contributed by atoms with Crippen LogP contribution in [0.15, 0.2) is 59.5 Å². The largest absolute Gasteiger partial charge is 0.495 e. The Morgan fingerprint density at radius 2 is 1.48 bits per heavy atom. The number of ether oxygens (including phenoxy) is 1. The van der Waals surface area contributed by atoms with E-state index in [0.717, 1.165) is 0 Å². The Kier molecular flexibility index (Phi) is 7.24. The summed E-state index contributed by atoms with van der Waals surface area (Å²) in [4.78, 5) is 12.5. The summed E-state index contributed by atoms with van der Waals surface area (Å²) in [5, 5.41) is 3.62. The lowest BCUT2D eigenvalue weighted by molar-refractivity contribution is 0.102. The SMILES string of the molecule is COc1ccc(S(=O)(=O)Nc2ccc(Cl)cc2Cl)cc1NC(=O)c1ccc(Cl)cc1Cl. The highest BCUT2D eigenvalue weighted by molar-refractivity contribution is 7.92. The molecule has 0 aliphatic heterocycles. The molecule has 3 aromatic carbocycles. The number of benzene rings is 3. The van der Waals surface area contributed by atoms with Crippen LogP contribution in [0.4, 0.5) is 11.4 Å². The van der Waals surface area contributed by atoms with Crippen LogP contribution < -0.4 is 14.8 Å². The van der Waals surface area contributed by atoms with Crippen molar-refractivity contribution >= 4 is 73.7 Å². The fraction of sp³-hybridized carbons (Fsp3) is 0.0500. The van der Waals surface area contributed by atoms with E-state index >= 15 is 0 Å². The van der Waals surface area contributed by atoms with E-state index in [9.17, 15) is 13.2 Å². The number of hydrogen-bond donors (Lipinski definition) is 2. The van der Waals surface area contributed by atoms with Gasteiger partial charge in [0.2, 0.25) is 0 Å². The molecule has 0 radical (unpaired) electrons. The quantitative estimate of drug-likeness (QED) is 0.396. The van der Waals surface area contributed by atoms with Crippen LogP contribution in [-0.4, -0.2) is 21.4 Å². The molecule has 2 N–H and O–H groups in total. The average molecular weight is 520 g/mol. The molecule has 0 fully saturated rings. The predicted octanol–water partition coefficient (Wildman–Crippen LogP) is 6.36. The van der Waals surface area contributed by atoms with E-state index in [1.165, 1.54) is 61.7 Å². The van der Waals surface area contributed by atoms with E-state index in [1.54, 1.807) is 0 Å². The van der Waals surface area contributed by atoms with Gasteiger partial charge in [0.15, 0.2) is 0 Å². The molecule has 3 aromatic rings. The third-order valence-electron chi connectivity index (χ3n) is 4.08. The van der Waals surface area contributed by atoms with Crippen molar-refractivity contribution in [3.63, 3.8) is 0 Å².